The molecule has 0 atom stereocenters. The van der Waals surface area contributed by atoms with Crippen LogP contribution in [-0.2, 0) is 17.8 Å². The molecule has 1 heterocycles. The van der Waals surface area contributed by atoms with Crippen LogP contribution in [0.1, 0.15) is 5.56 Å². The van der Waals surface area contributed by atoms with E-state index in [2.05, 4.69) is 35.2 Å². The number of rotatable bonds is 5. The van der Waals surface area contributed by atoms with E-state index in [0.29, 0.717) is 0 Å². The molecule has 3 aromatic rings. The second-order valence-corrected chi connectivity index (χ2v) is 5.90. The van der Waals surface area contributed by atoms with E-state index in [1.54, 1.807) is 14.2 Å². The van der Waals surface area contributed by atoms with Gasteiger partial charge in [0.15, 0.2) is 30.4 Å². The lowest BCUT2D eigenvalue weighted by Crippen LogP contribution is -2.33. The number of nitrogens with zero attached hydrogens (tertiary/aromatic N) is 1. The maximum Gasteiger partial charge on any atom is 0.180 e. The highest BCUT2D eigenvalue weighted by atomic mass is 35.5. The number of benzene rings is 2. The van der Waals surface area contributed by atoms with Crippen molar-refractivity contribution in [2.75, 3.05) is 14.2 Å². The largest absolute Gasteiger partial charge is 0.554 e. The van der Waals surface area contributed by atoms with E-state index >= 15 is 0 Å². The molecule has 6 heteroatoms. The molecule has 0 aliphatic heterocycles. The first kappa shape index (κ1) is 19.5. The topological polar surface area (TPSA) is 62.5 Å². The number of pyridine rings is 1. The van der Waals surface area contributed by atoms with Crippen molar-refractivity contribution in [3.8, 4) is 11.5 Å². The van der Waals surface area contributed by atoms with Crippen molar-refractivity contribution in [3.63, 3.8) is 0 Å². The summed E-state index contributed by atoms with van der Waals surface area (Å²) in [6.07, 6.45) is 5.14. The summed E-state index contributed by atoms with van der Waals surface area (Å²) in [5.41, 5.74) is 1.26. The van der Waals surface area contributed by atoms with Gasteiger partial charge in [0.2, 0.25) is 0 Å². The van der Waals surface area contributed by atoms with E-state index in [9.17, 15) is 0 Å². The Morgan fingerprint density at radius 3 is 2.38 bits per heavy atom. The van der Waals surface area contributed by atoms with Gasteiger partial charge in [-0.25, -0.2) is 4.57 Å². The Morgan fingerprint density at radius 1 is 1.08 bits per heavy atom. The first-order chi connectivity index (χ1) is 12.6. The number of hydrogen-bond donors (Lipinski definition) is 0. The van der Waals surface area contributed by atoms with Crippen LogP contribution in [0.2, 0.25) is 5.02 Å². The molecule has 0 N–H and O–H groups in total. The zero-order valence-corrected chi connectivity index (χ0v) is 15.4. The number of ether oxygens (including phenoxy) is 2. The molecule has 0 bridgehead atoms. The van der Waals surface area contributed by atoms with Crippen molar-refractivity contribution in [1.82, 2.24) is 0 Å². The van der Waals surface area contributed by atoms with Gasteiger partial charge in [-0.15, -0.1) is 0 Å². The van der Waals surface area contributed by atoms with Crippen molar-refractivity contribution in [2.45, 2.75) is 13.0 Å². The molecule has 0 saturated heterocycles. The molecule has 1 aromatic heterocycles. The van der Waals surface area contributed by atoms with Gasteiger partial charge in [0.05, 0.1) is 19.6 Å². The minimum absolute atomic E-state index is 0.500. The number of halogens is 1. The van der Waals surface area contributed by atoms with Crippen LogP contribution in [0.25, 0.3) is 10.8 Å². The molecular formula is C20H20ClNO4. The highest BCUT2D eigenvalue weighted by Gasteiger charge is 2.12. The van der Waals surface area contributed by atoms with Gasteiger partial charge in [-0.2, -0.15) is 0 Å². The number of aromatic nitrogens is 1. The monoisotopic (exact) mass is 373 g/mol. The molecule has 136 valence electrons. The summed E-state index contributed by atoms with van der Waals surface area (Å²) in [4.78, 5) is 8.25. The van der Waals surface area contributed by atoms with Crippen LogP contribution >= 0.6 is 11.6 Å². The molecule has 26 heavy (non-hydrogen) atoms. The van der Waals surface area contributed by atoms with Gasteiger partial charge < -0.3 is 19.4 Å². The van der Waals surface area contributed by atoms with Gasteiger partial charge >= 0.3 is 0 Å². The molecule has 2 aromatic carbocycles. The molecule has 0 unspecified atom stereocenters. The highest BCUT2D eigenvalue weighted by Crippen LogP contribution is 2.34. The van der Waals surface area contributed by atoms with E-state index < -0.39 is 6.47 Å². The Morgan fingerprint density at radius 2 is 1.77 bits per heavy atom. The summed E-state index contributed by atoms with van der Waals surface area (Å²) in [6, 6.07) is 14.0. The molecule has 0 fully saturated rings. The lowest BCUT2D eigenvalue weighted by atomic mass is 10.1. The molecule has 0 aliphatic rings. The van der Waals surface area contributed by atoms with Gasteiger partial charge in [0.1, 0.15) is 0 Å². The first-order valence-corrected chi connectivity index (χ1v) is 8.34. The van der Waals surface area contributed by atoms with E-state index in [1.807, 2.05) is 24.3 Å². The van der Waals surface area contributed by atoms with E-state index in [4.69, 9.17) is 31.0 Å². The Hall–Kier alpha value is -2.79. The minimum Gasteiger partial charge on any atom is -0.554 e. The average molecular weight is 374 g/mol. The smallest absolute Gasteiger partial charge is 0.180 e. The van der Waals surface area contributed by atoms with Gasteiger partial charge in [-0.3, -0.25) is 0 Å². The first-order valence-electron chi connectivity index (χ1n) is 7.96. The number of fused-ring (bicyclic) bond motifs is 1. The predicted molar refractivity (Wildman–Crippen MR) is 98.5 cm³/mol. The summed E-state index contributed by atoms with van der Waals surface area (Å²) in [5, 5.41) is 11.2. The molecule has 0 radical (unpaired) electrons. The third-order valence-electron chi connectivity index (χ3n) is 3.93. The van der Waals surface area contributed by atoms with Crippen molar-refractivity contribution in [1.29, 1.82) is 0 Å². The quantitative estimate of drug-likeness (QED) is 0.509. The SMILES string of the molecule is COc1ccc2cc[n+](CCc3ccc(Cl)cc3)cc2c1OC.O=C[O-]. The molecule has 0 spiro atoms. The van der Waals surface area contributed by atoms with Crippen molar-refractivity contribution in [2.24, 2.45) is 0 Å². The maximum atomic E-state index is 8.25. The van der Waals surface area contributed by atoms with Gasteiger partial charge in [-0.05, 0) is 35.2 Å². The molecular weight excluding hydrogens is 354 g/mol. The van der Waals surface area contributed by atoms with Crippen LogP contribution in [-0.4, -0.2) is 20.7 Å². The number of aryl methyl sites for hydroxylation is 2. The van der Waals surface area contributed by atoms with Crippen LogP contribution < -0.4 is 19.1 Å². The Kier molecular flexibility index (Phi) is 7.24. The van der Waals surface area contributed by atoms with Crippen molar-refractivity contribution < 1.29 is 23.9 Å². The van der Waals surface area contributed by atoms with Crippen LogP contribution in [0.15, 0.2) is 54.9 Å². The highest BCUT2D eigenvalue weighted by molar-refractivity contribution is 6.30. The second kappa shape index (κ2) is 9.63. The third-order valence-corrected chi connectivity index (χ3v) is 4.18. The third kappa shape index (κ3) is 4.86. The Bertz CT molecular complexity index is 866. The molecule has 3 rings (SSSR count). The summed E-state index contributed by atoms with van der Waals surface area (Å²) in [7, 11) is 3.32. The number of carboxylic acid groups (broad SMARTS) is 1. The predicted octanol–water partition coefficient (Wildman–Crippen LogP) is 2.41. The van der Waals surface area contributed by atoms with E-state index in [1.165, 1.54) is 5.56 Å². The van der Waals surface area contributed by atoms with Crippen molar-refractivity contribution in [3.05, 3.63) is 65.4 Å². The molecule has 5 nitrogen and oxygen atoms in total. The Balaban J connectivity index is 0.000000758. The van der Waals surface area contributed by atoms with Gasteiger partial charge in [0, 0.05) is 24.0 Å². The van der Waals surface area contributed by atoms with Crippen LogP contribution in [0, 0.1) is 0 Å². The lowest BCUT2D eigenvalue weighted by molar-refractivity contribution is -0.695. The Labute approximate surface area is 157 Å². The normalized spacial score (nSPS) is 9.96. The van der Waals surface area contributed by atoms with Crippen LogP contribution in [0.5, 0.6) is 11.5 Å². The minimum atomic E-state index is -0.500. The zero-order chi connectivity index (χ0) is 18.9. The van der Waals surface area contributed by atoms with Gasteiger partial charge in [-0.1, -0.05) is 23.7 Å². The molecule has 0 amide bonds. The van der Waals surface area contributed by atoms with E-state index in [-0.39, 0.29) is 0 Å². The number of carbonyl (C=O) groups is 1. The summed E-state index contributed by atoms with van der Waals surface area (Å²) >= 11 is 5.93. The molecule has 0 aliphatic carbocycles. The second-order valence-electron chi connectivity index (χ2n) is 5.46. The van der Waals surface area contributed by atoms with Crippen LogP contribution in [0.4, 0.5) is 0 Å². The van der Waals surface area contributed by atoms with Gasteiger partial charge in [0.25, 0.3) is 0 Å². The number of methoxy groups -OCH3 is 2. The fraction of sp³-hybridized carbons (Fsp3) is 0.200. The standard InChI is InChI=1S/C19H19ClNO2.CH2O2/c1-22-18-8-5-15-10-12-21(13-17(15)19(18)23-2)11-9-14-3-6-16(20)7-4-14;2-1-3/h3-8,10,12-13H,9,11H2,1-2H3;1H,(H,2,3)/q+1;/p-1. The maximum absolute atomic E-state index is 8.25. The average Bonchev–Trinajstić information content (AvgIpc) is 2.67. The summed E-state index contributed by atoms with van der Waals surface area (Å²) in [5.74, 6) is 1.52. The number of hydrogen-bond acceptors (Lipinski definition) is 4. The summed E-state index contributed by atoms with van der Waals surface area (Å²) in [6.45, 7) is 0.387. The van der Waals surface area contributed by atoms with Crippen LogP contribution in [0.3, 0.4) is 0 Å². The van der Waals surface area contributed by atoms with E-state index in [0.717, 1.165) is 40.3 Å². The zero-order valence-electron chi connectivity index (χ0n) is 14.6. The fourth-order valence-electron chi connectivity index (χ4n) is 2.68. The number of carbonyl (C=O) groups excluding carboxylic acids is 1. The summed E-state index contributed by atoms with van der Waals surface area (Å²) < 4.78 is 13.1. The fourth-order valence-corrected chi connectivity index (χ4v) is 2.80. The van der Waals surface area contributed by atoms with Crippen molar-refractivity contribution >= 4 is 28.8 Å². The molecule has 0 saturated carbocycles. The lowest BCUT2D eigenvalue weighted by Gasteiger charge is -2.09.